The molecule has 3 aromatic rings. The number of aryl methyl sites for hydroxylation is 2. The molecule has 0 spiro atoms. The van der Waals surface area contributed by atoms with Gasteiger partial charge < -0.3 is 10.2 Å². The van der Waals surface area contributed by atoms with Crippen molar-refractivity contribution < 1.29 is 9.59 Å². The number of carbonyl (C=O) groups is 2. The Balaban J connectivity index is 1.56. The second-order valence-electron chi connectivity index (χ2n) is 7.33. The minimum Gasteiger partial charge on any atom is -0.324 e. The summed E-state index contributed by atoms with van der Waals surface area (Å²) in [7, 11) is 0. The lowest BCUT2D eigenvalue weighted by molar-refractivity contribution is -0.117. The number of tetrazole rings is 1. The molecule has 2 heterocycles. The number of nitrogens with zero attached hydrogens (tertiary/aromatic N) is 5. The summed E-state index contributed by atoms with van der Waals surface area (Å²) in [6.45, 7) is 5.91. The Morgan fingerprint density at radius 3 is 2.80 bits per heavy atom. The number of rotatable bonds is 4. The van der Waals surface area contributed by atoms with Gasteiger partial charge >= 0.3 is 0 Å². The molecule has 4 rings (SSSR count). The third-order valence-corrected chi connectivity index (χ3v) is 5.88. The molecule has 1 N–H and O–H groups in total. The topological polar surface area (TPSA) is 93.0 Å². The van der Waals surface area contributed by atoms with Crippen LogP contribution in [-0.4, -0.2) is 43.8 Å². The first-order chi connectivity index (χ1) is 14.4. The zero-order valence-electron chi connectivity index (χ0n) is 17.0. The number of thioether (sulfide) groups is 1. The first kappa shape index (κ1) is 20.1. The summed E-state index contributed by atoms with van der Waals surface area (Å²) in [5, 5.41) is 15.4. The van der Waals surface area contributed by atoms with Gasteiger partial charge in [-0.1, -0.05) is 41.6 Å². The quantitative estimate of drug-likeness (QED) is 0.650. The number of hydrogen-bond donors (Lipinski definition) is 1. The van der Waals surface area contributed by atoms with Crippen molar-refractivity contribution in [1.29, 1.82) is 0 Å². The Labute approximate surface area is 178 Å². The number of fused-ring (bicyclic) bond motifs is 1. The van der Waals surface area contributed by atoms with Crippen molar-refractivity contribution in [2.45, 2.75) is 38.4 Å². The van der Waals surface area contributed by atoms with E-state index in [0.717, 1.165) is 16.8 Å². The predicted octanol–water partition coefficient (Wildman–Crippen LogP) is 3.14. The van der Waals surface area contributed by atoms with E-state index in [2.05, 4.69) is 26.9 Å². The summed E-state index contributed by atoms with van der Waals surface area (Å²) in [6.07, 6.45) is 0.241. The van der Waals surface area contributed by atoms with E-state index in [-0.39, 0.29) is 30.0 Å². The highest BCUT2D eigenvalue weighted by atomic mass is 32.2. The van der Waals surface area contributed by atoms with E-state index in [1.807, 2.05) is 51.1 Å². The molecule has 2 amide bonds. The van der Waals surface area contributed by atoms with Gasteiger partial charge in [-0.2, -0.15) is 4.68 Å². The average molecular weight is 423 g/mol. The van der Waals surface area contributed by atoms with Crippen molar-refractivity contribution in [2.24, 2.45) is 0 Å². The van der Waals surface area contributed by atoms with E-state index < -0.39 is 0 Å². The largest absolute Gasteiger partial charge is 0.324 e. The van der Waals surface area contributed by atoms with Crippen LogP contribution in [0.3, 0.4) is 0 Å². The maximum atomic E-state index is 13.2. The maximum absolute atomic E-state index is 13.2. The molecule has 0 radical (unpaired) electrons. The zero-order chi connectivity index (χ0) is 21.3. The summed E-state index contributed by atoms with van der Waals surface area (Å²) >= 11 is 1.28. The smallest absolute Gasteiger partial charge is 0.237 e. The van der Waals surface area contributed by atoms with Crippen LogP contribution < -0.4 is 10.2 Å². The van der Waals surface area contributed by atoms with E-state index in [1.165, 1.54) is 11.8 Å². The molecule has 154 valence electrons. The van der Waals surface area contributed by atoms with Gasteiger partial charge in [0.1, 0.15) is 0 Å². The van der Waals surface area contributed by atoms with Crippen LogP contribution in [0.2, 0.25) is 0 Å². The number of hydrogen-bond acceptors (Lipinski definition) is 6. The van der Waals surface area contributed by atoms with E-state index in [4.69, 9.17) is 0 Å². The van der Waals surface area contributed by atoms with Gasteiger partial charge in [0.15, 0.2) is 0 Å². The van der Waals surface area contributed by atoms with Gasteiger partial charge in [0.05, 0.1) is 22.8 Å². The van der Waals surface area contributed by atoms with Crippen molar-refractivity contribution in [2.75, 3.05) is 16.0 Å². The summed E-state index contributed by atoms with van der Waals surface area (Å²) in [5.74, 6) is -0.0543. The highest BCUT2D eigenvalue weighted by Crippen LogP contribution is 2.32. The molecule has 8 nitrogen and oxygen atoms in total. The standard InChI is InChI=1S/C21H22N6O2S/c1-13-8-9-17(14(2)10-13)27-21(23-24-25-27)30-12-20(29)26-15(3)11-19(28)22-16-6-4-5-7-18(16)26/h4-10,15H,11-12H2,1-3H3,(H,22,28). The highest BCUT2D eigenvalue weighted by Gasteiger charge is 2.29. The lowest BCUT2D eigenvalue weighted by atomic mass is 10.1. The molecule has 1 aromatic heterocycles. The molecule has 30 heavy (non-hydrogen) atoms. The SMILES string of the molecule is Cc1ccc(-n2nnnc2SCC(=O)N2c3ccccc3NC(=O)CC2C)c(C)c1. The van der Waals surface area contributed by atoms with Crippen molar-refractivity contribution >= 4 is 35.0 Å². The van der Waals surface area contributed by atoms with Crippen LogP contribution in [0.4, 0.5) is 11.4 Å². The molecule has 2 aromatic carbocycles. The molecular formula is C21H22N6O2S. The molecular weight excluding hydrogens is 400 g/mol. The first-order valence-electron chi connectivity index (χ1n) is 9.64. The minimum absolute atomic E-state index is 0.100. The molecule has 0 saturated heterocycles. The van der Waals surface area contributed by atoms with Crippen LogP contribution in [0.5, 0.6) is 0 Å². The molecule has 0 bridgehead atoms. The number of para-hydroxylation sites is 2. The second kappa shape index (κ2) is 8.27. The molecule has 0 aliphatic carbocycles. The third-order valence-electron chi connectivity index (χ3n) is 4.97. The predicted molar refractivity (Wildman–Crippen MR) is 116 cm³/mol. The van der Waals surface area contributed by atoms with Crippen molar-refractivity contribution in [3.8, 4) is 5.69 Å². The maximum Gasteiger partial charge on any atom is 0.237 e. The number of anilines is 2. The fourth-order valence-electron chi connectivity index (χ4n) is 3.63. The van der Waals surface area contributed by atoms with E-state index in [0.29, 0.717) is 16.5 Å². The molecule has 0 saturated carbocycles. The molecule has 1 atom stereocenters. The van der Waals surface area contributed by atoms with Gasteiger partial charge in [-0.3, -0.25) is 9.59 Å². The number of benzene rings is 2. The van der Waals surface area contributed by atoms with Gasteiger partial charge in [0.25, 0.3) is 0 Å². The zero-order valence-corrected chi connectivity index (χ0v) is 17.8. The van der Waals surface area contributed by atoms with Crippen LogP contribution in [0.15, 0.2) is 47.6 Å². The number of nitrogens with one attached hydrogen (secondary N) is 1. The van der Waals surface area contributed by atoms with Gasteiger partial charge in [0.2, 0.25) is 17.0 Å². The normalized spacial score (nSPS) is 16.0. The van der Waals surface area contributed by atoms with Crippen molar-refractivity contribution in [3.63, 3.8) is 0 Å². The monoisotopic (exact) mass is 422 g/mol. The lowest BCUT2D eigenvalue weighted by Gasteiger charge is -2.27. The van der Waals surface area contributed by atoms with Gasteiger partial charge in [-0.05, 0) is 55.0 Å². The fourth-order valence-corrected chi connectivity index (χ4v) is 4.37. The molecule has 1 unspecified atom stereocenters. The van der Waals surface area contributed by atoms with E-state index in [9.17, 15) is 9.59 Å². The third kappa shape index (κ3) is 3.93. The number of amides is 2. The summed E-state index contributed by atoms with van der Waals surface area (Å²) in [4.78, 5) is 27.0. The molecule has 1 aliphatic heterocycles. The number of carbonyl (C=O) groups excluding carboxylic acids is 2. The van der Waals surface area contributed by atoms with Gasteiger partial charge in [-0.25, -0.2) is 0 Å². The van der Waals surface area contributed by atoms with Crippen molar-refractivity contribution in [3.05, 3.63) is 53.6 Å². The second-order valence-corrected chi connectivity index (χ2v) is 8.28. The Morgan fingerprint density at radius 2 is 2.00 bits per heavy atom. The van der Waals surface area contributed by atoms with E-state index >= 15 is 0 Å². The van der Waals surface area contributed by atoms with Gasteiger partial charge in [-0.15, -0.1) is 5.10 Å². The van der Waals surface area contributed by atoms with Crippen molar-refractivity contribution in [1.82, 2.24) is 20.2 Å². The Hall–Kier alpha value is -3.20. The van der Waals surface area contributed by atoms with Crippen LogP contribution in [0.1, 0.15) is 24.5 Å². The Morgan fingerprint density at radius 1 is 1.20 bits per heavy atom. The Kier molecular flexibility index (Phi) is 5.54. The van der Waals surface area contributed by atoms with E-state index in [1.54, 1.807) is 15.6 Å². The molecule has 1 aliphatic rings. The lowest BCUT2D eigenvalue weighted by Crippen LogP contribution is -2.40. The minimum atomic E-state index is -0.253. The van der Waals surface area contributed by atoms with Crippen LogP contribution >= 0.6 is 11.8 Å². The number of aromatic nitrogens is 4. The van der Waals surface area contributed by atoms with Crippen LogP contribution in [0, 0.1) is 13.8 Å². The molecule has 9 heteroatoms. The van der Waals surface area contributed by atoms with Crippen LogP contribution in [-0.2, 0) is 9.59 Å². The fraction of sp³-hybridized carbons (Fsp3) is 0.286. The highest BCUT2D eigenvalue weighted by molar-refractivity contribution is 7.99. The van der Waals surface area contributed by atoms with Crippen LogP contribution in [0.25, 0.3) is 5.69 Å². The summed E-state index contributed by atoms with van der Waals surface area (Å²) in [6, 6.07) is 13.1. The average Bonchev–Trinajstić information content (AvgIpc) is 3.11. The Bertz CT molecular complexity index is 1110. The summed E-state index contributed by atoms with van der Waals surface area (Å²) in [5.41, 5.74) is 4.44. The van der Waals surface area contributed by atoms with Gasteiger partial charge in [0, 0.05) is 12.5 Å². The summed E-state index contributed by atoms with van der Waals surface area (Å²) < 4.78 is 1.65. The first-order valence-corrected chi connectivity index (χ1v) is 10.6. The molecule has 0 fully saturated rings.